The molecule has 0 unspecified atom stereocenters. The van der Waals surface area contributed by atoms with Gasteiger partial charge >= 0.3 is 0 Å². The molecule has 2 rings (SSSR count). The van der Waals surface area contributed by atoms with Crippen molar-refractivity contribution in [2.75, 3.05) is 17.2 Å². The highest BCUT2D eigenvalue weighted by Gasteiger charge is 2.28. The van der Waals surface area contributed by atoms with Crippen molar-refractivity contribution >= 4 is 35.0 Å². The molecule has 0 aromatic heterocycles. The van der Waals surface area contributed by atoms with E-state index in [1.165, 1.54) is 6.92 Å². The van der Waals surface area contributed by atoms with E-state index >= 15 is 0 Å². The molecule has 1 aromatic rings. The van der Waals surface area contributed by atoms with Crippen molar-refractivity contribution in [2.45, 2.75) is 26.2 Å². The van der Waals surface area contributed by atoms with Crippen molar-refractivity contribution in [3.05, 3.63) is 24.3 Å². The van der Waals surface area contributed by atoms with Crippen molar-refractivity contribution in [1.29, 1.82) is 0 Å². The number of nitrogens with one attached hydrogen (secondary N) is 2. The number of rotatable bonds is 5. The van der Waals surface area contributed by atoms with Crippen LogP contribution in [-0.2, 0) is 19.2 Å². The number of benzene rings is 1. The fraction of sp³-hybridized carbons (Fsp3) is 0.333. The Hall–Kier alpha value is -2.70. The van der Waals surface area contributed by atoms with E-state index in [4.69, 9.17) is 0 Å². The molecule has 7 nitrogen and oxygen atoms in total. The Morgan fingerprint density at radius 1 is 1.00 bits per heavy atom. The third-order valence-electron chi connectivity index (χ3n) is 3.21. The molecular weight excluding hydrogens is 286 g/mol. The number of anilines is 2. The van der Waals surface area contributed by atoms with Gasteiger partial charge < -0.3 is 10.6 Å². The van der Waals surface area contributed by atoms with Crippen LogP contribution < -0.4 is 10.6 Å². The van der Waals surface area contributed by atoms with Gasteiger partial charge in [-0.05, 0) is 24.3 Å². The second-order valence-corrected chi connectivity index (χ2v) is 5.00. The Bertz CT molecular complexity index is 594. The lowest BCUT2D eigenvalue weighted by molar-refractivity contribution is -0.138. The van der Waals surface area contributed by atoms with Crippen LogP contribution in [0, 0.1) is 0 Å². The molecule has 1 aromatic carbocycles. The normalized spacial score (nSPS) is 14.1. The Balaban J connectivity index is 1.83. The highest BCUT2D eigenvalue weighted by atomic mass is 16.2. The highest BCUT2D eigenvalue weighted by molar-refractivity contribution is 6.02. The van der Waals surface area contributed by atoms with Gasteiger partial charge in [0, 0.05) is 44.1 Å². The lowest BCUT2D eigenvalue weighted by Crippen LogP contribution is -2.32. The molecule has 1 saturated heterocycles. The average molecular weight is 303 g/mol. The number of hydrogen-bond acceptors (Lipinski definition) is 4. The Kier molecular flexibility index (Phi) is 4.88. The van der Waals surface area contributed by atoms with Gasteiger partial charge in [0.15, 0.2) is 0 Å². The van der Waals surface area contributed by atoms with E-state index in [2.05, 4.69) is 10.6 Å². The topological polar surface area (TPSA) is 95.6 Å². The van der Waals surface area contributed by atoms with Gasteiger partial charge in [-0.1, -0.05) is 0 Å². The van der Waals surface area contributed by atoms with Crippen LogP contribution in [0.3, 0.4) is 0 Å². The highest BCUT2D eigenvalue weighted by Crippen LogP contribution is 2.15. The van der Waals surface area contributed by atoms with Gasteiger partial charge in [0.25, 0.3) is 0 Å². The van der Waals surface area contributed by atoms with Crippen LogP contribution in [0.25, 0.3) is 0 Å². The molecule has 1 aliphatic rings. The molecule has 4 amide bonds. The second-order valence-electron chi connectivity index (χ2n) is 5.00. The number of carbonyl (C=O) groups is 4. The maximum atomic E-state index is 11.8. The third-order valence-corrected chi connectivity index (χ3v) is 3.21. The molecule has 116 valence electrons. The number of amides is 4. The fourth-order valence-corrected chi connectivity index (χ4v) is 2.15. The fourth-order valence-electron chi connectivity index (χ4n) is 2.15. The molecule has 0 bridgehead atoms. The summed E-state index contributed by atoms with van der Waals surface area (Å²) in [7, 11) is 0. The largest absolute Gasteiger partial charge is 0.326 e. The molecule has 0 aliphatic carbocycles. The van der Waals surface area contributed by atoms with Crippen molar-refractivity contribution in [3.8, 4) is 0 Å². The van der Waals surface area contributed by atoms with E-state index < -0.39 is 0 Å². The van der Waals surface area contributed by atoms with Crippen LogP contribution in [0.1, 0.15) is 26.2 Å². The minimum atomic E-state index is -0.278. The number of hydrogen-bond donors (Lipinski definition) is 2. The predicted octanol–water partition coefficient (Wildman–Crippen LogP) is 1.12. The van der Waals surface area contributed by atoms with Crippen LogP contribution in [0.5, 0.6) is 0 Å². The van der Waals surface area contributed by atoms with E-state index in [0.717, 1.165) is 4.90 Å². The zero-order valence-corrected chi connectivity index (χ0v) is 12.2. The molecule has 1 aliphatic heterocycles. The molecule has 0 saturated carbocycles. The zero-order chi connectivity index (χ0) is 16.1. The van der Waals surface area contributed by atoms with Crippen molar-refractivity contribution in [1.82, 2.24) is 4.90 Å². The van der Waals surface area contributed by atoms with E-state index in [-0.39, 0.29) is 49.4 Å². The molecule has 0 spiro atoms. The summed E-state index contributed by atoms with van der Waals surface area (Å²) >= 11 is 0. The van der Waals surface area contributed by atoms with Crippen molar-refractivity contribution in [2.24, 2.45) is 0 Å². The zero-order valence-electron chi connectivity index (χ0n) is 12.2. The van der Waals surface area contributed by atoms with Gasteiger partial charge in [-0.3, -0.25) is 24.1 Å². The Morgan fingerprint density at radius 2 is 1.50 bits per heavy atom. The minimum absolute atomic E-state index is 0.0604. The van der Waals surface area contributed by atoms with Gasteiger partial charge in [0.05, 0.1) is 0 Å². The summed E-state index contributed by atoms with van der Waals surface area (Å²) in [5.41, 5.74) is 1.22. The smallest absolute Gasteiger partial charge is 0.229 e. The number of imide groups is 1. The van der Waals surface area contributed by atoms with Crippen LogP contribution >= 0.6 is 0 Å². The van der Waals surface area contributed by atoms with E-state index in [0.29, 0.717) is 11.4 Å². The van der Waals surface area contributed by atoms with E-state index in [9.17, 15) is 19.2 Å². The molecule has 2 N–H and O–H groups in total. The predicted molar refractivity (Wildman–Crippen MR) is 79.9 cm³/mol. The number of carbonyl (C=O) groups excluding carboxylic acids is 4. The number of likely N-dealkylation sites (tertiary alicyclic amines) is 1. The molecule has 0 atom stereocenters. The summed E-state index contributed by atoms with van der Waals surface area (Å²) in [6, 6.07) is 6.67. The SMILES string of the molecule is CC(=O)Nc1ccc(NC(=O)CCN2C(=O)CCC2=O)cc1. The third kappa shape index (κ3) is 4.15. The molecular formula is C15H17N3O4. The first-order valence-corrected chi connectivity index (χ1v) is 6.96. The van der Waals surface area contributed by atoms with Crippen LogP contribution in [-0.4, -0.2) is 35.1 Å². The van der Waals surface area contributed by atoms with Gasteiger partial charge in [0.2, 0.25) is 23.6 Å². The first-order chi connectivity index (χ1) is 10.5. The second kappa shape index (κ2) is 6.84. The van der Waals surface area contributed by atoms with Crippen molar-refractivity contribution < 1.29 is 19.2 Å². The van der Waals surface area contributed by atoms with E-state index in [1.807, 2.05) is 0 Å². The van der Waals surface area contributed by atoms with Crippen molar-refractivity contribution in [3.63, 3.8) is 0 Å². The summed E-state index contributed by atoms with van der Waals surface area (Å²) in [5, 5.41) is 5.30. The maximum Gasteiger partial charge on any atom is 0.229 e. The Morgan fingerprint density at radius 3 is 2.00 bits per heavy atom. The van der Waals surface area contributed by atoms with Gasteiger partial charge in [0.1, 0.15) is 0 Å². The van der Waals surface area contributed by atoms with Crippen LogP contribution in [0.15, 0.2) is 24.3 Å². The lowest BCUT2D eigenvalue weighted by Gasteiger charge is -2.13. The maximum absolute atomic E-state index is 11.8. The Labute approximate surface area is 127 Å². The monoisotopic (exact) mass is 303 g/mol. The average Bonchev–Trinajstić information content (AvgIpc) is 2.77. The molecule has 0 radical (unpaired) electrons. The molecule has 22 heavy (non-hydrogen) atoms. The summed E-state index contributed by atoms with van der Waals surface area (Å²) < 4.78 is 0. The number of nitrogens with zero attached hydrogens (tertiary/aromatic N) is 1. The van der Waals surface area contributed by atoms with Gasteiger partial charge in [-0.2, -0.15) is 0 Å². The summed E-state index contributed by atoms with van der Waals surface area (Å²) in [4.78, 5) is 46.7. The molecule has 1 heterocycles. The van der Waals surface area contributed by atoms with Gasteiger partial charge in [-0.15, -0.1) is 0 Å². The van der Waals surface area contributed by atoms with Crippen LogP contribution in [0.4, 0.5) is 11.4 Å². The molecule has 7 heteroatoms. The molecule has 1 fully saturated rings. The first kappa shape index (κ1) is 15.7. The minimum Gasteiger partial charge on any atom is -0.326 e. The van der Waals surface area contributed by atoms with Gasteiger partial charge in [-0.25, -0.2) is 0 Å². The van der Waals surface area contributed by atoms with E-state index in [1.54, 1.807) is 24.3 Å². The first-order valence-electron chi connectivity index (χ1n) is 6.96. The quantitative estimate of drug-likeness (QED) is 0.797. The standard InChI is InChI=1S/C15H17N3O4/c1-10(19)16-11-2-4-12(5-3-11)17-13(20)8-9-18-14(21)6-7-15(18)22/h2-5H,6-9H2,1H3,(H,16,19)(H,17,20). The summed E-state index contributed by atoms with van der Waals surface area (Å²) in [6.07, 6.45) is 0.515. The van der Waals surface area contributed by atoms with Crippen LogP contribution in [0.2, 0.25) is 0 Å². The lowest BCUT2D eigenvalue weighted by atomic mass is 10.2. The summed E-state index contributed by atoms with van der Waals surface area (Å²) in [6.45, 7) is 1.52. The summed E-state index contributed by atoms with van der Waals surface area (Å²) in [5.74, 6) is -0.897.